The number of carbonyl (C=O) groups excluding carboxylic acids is 2. The smallest absolute Gasteiger partial charge is 0.251 e. The number of hydrogen-bond acceptors (Lipinski definition) is 3. The summed E-state index contributed by atoms with van der Waals surface area (Å²) >= 11 is 0. The first-order valence-electron chi connectivity index (χ1n) is 8.55. The zero-order valence-electron chi connectivity index (χ0n) is 13.9. The van der Waals surface area contributed by atoms with Crippen molar-refractivity contribution < 1.29 is 14.7 Å². The molecule has 1 aliphatic rings. The normalized spacial score (nSPS) is 14.6. The fraction of sp³-hybridized carbons (Fsp3) is 0.300. The predicted octanol–water partition coefficient (Wildman–Crippen LogP) is 2.43. The van der Waals surface area contributed by atoms with Gasteiger partial charge < -0.3 is 15.7 Å². The molecular weight excluding hydrogens is 316 g/mol. The van der Waals surface area contributed by atoms with Crippen molar-refractivity contribution in [3.63, 3.8) is 0 Å². The Bertz CT molecular complexity index is 724. The third-order valence-corrected chi connectivity index (χ3v) is 4.21. The average molecular weight is 338 g/mol. The molecule has 0 aliphatic heterocycles. The molecule has 1 unspecified atom stereocenters. The van der Waals surface area contributed by atoms with Crippen LogP contribution in [-0.4, -0.2) is 29.5 Å². The molecule has 0 spiro atoms. The number of aliphatic hydroxyl groups is 1. The second-order valence-corrected chi connectivity index (χ2v) is 6.30. The lowest BCUT2D eigenvalue weighted by Gasteiger charge is -2.11. The number of hydrogen-bond donors (Lipinski definition) is 3. The first kappa shape index (κ1) is 17.2. The van der Waals surface area contributed by atoms with Crippen LogP contribution >= 0.6 is 0 Å². The van der Waals surface area contributed by atoms with Gasteiger partial charge in [0.1, 0.15) is 0 Å². The Balaban J connectivity index is 1.47. The zero-order chi connectivity index (χ0) is 17.6. The number of amides is 2. The molecule has 130 valence electrons. The second kappa shape index (κ2) is 7.94. The van der Waals surface area contributed by atoms with Gasteiger partial charge in [0.25, 0.3) is 11.8 Å². The second-order valence-electron chi connectivity index (χ2n) is 6.30. The monoisotopic (exact) mass is 338 g/mol. The van der Waals surface area contributed by atoms with Gasteiger partial charge >= 0.3 is 0 Å². The van der Waals surface area contributed by atoms with Gasteiger partial charge in [0.2, 0.25) is 0 Å². The number of carbonyl (C=O) groups is 2. The summed E-state index contributed by atoms with van der Waals surface area (Å²) in [5, 5.41) is 15.8. The van der Waals surface area contributed by atoms with E-state index < -0.39 is 6.10 Å². The van der Waals surface area contributed by atoms with E-state index in [1.807, 2.05) is 30.3 Å². The average Bonchev–Trinajstić information content (AvgIpc) is 3.46. The van der Waals surface area contributed by atoms with Gasteiger partial charge in [0.05, 0.1) is 6.10 Å². The van der Waals surface area contributed by atoms with Gasteiger partial charge in [-0.25, -0.2) is 0 Å². The third-order valence-electron chi connectivity index (χ3n) is 4.21. The molecule has 3 N–H and O–H groups in total. The Kier molecular flexibility index (Phi) is 5.46. The first-order valence-corrected chi connectivity index (χ1v) is 8.55. The molecule has 1 atom stereocenters. The van der Waals surface area contributed by atoms with Gasteiger partial charge in [-0.3, -0.25) is 9.59 Å². The lowest BCUT2D eigenvalue weighted by Crippen LogP contribution is -2.27. The van der Waals surface area contributed by atoms with Crippen molar-refractivity contribution in [2.45, 2.75) is 31.4 Å². The maximum Gasteiger partial charge on any atom is 0.251 e. The van der Waals surface area contributed by atoms with E-state index in [-0.39, 0.29) is 11.8 Å². The van der Waals surface area contributed by atoms with Gasteiger partial charge in [-0.15, -0.1) is 0 Å². The summed E-state index contributed by atoms with van der Waals surface area (Å²) in [6.45, 7) is 0.374. The van der Waals surface area contributed by atoms with Crippen LogP contribution in [0.5, 0.6) is 0 Å². The molecule has 1 fully saturated rings. The van der Waals surface area contributed by atoms with Crippen LogP contribution in [0.3, 0.4) is 0 Å². The Labute approximate surface area is 147 Å². The highest BCUT2D eigenvalue weighted by molar-refractivity contribution is 5.97. The van der Waals surface area contributed by atoms with Gasteiger partial charge in [-0.2, -0.15) is 0 Å². The van der Waals surface area contributed by atoms with E-state index in [1.54, 1.807) is 24.3 Å². The fourth-order valence-corrected chi connectivity index (χ4v) is 2.54. The molecule has 3 rings (SSSR count). The molecule has 1 aliphatic carbocycles. The molecular formula is C20H22N2O3. The van der Waals surface area contributed by atoms with Gasteiger partial charge in [0.15, 0.2) is 0 Å². The Morgan fingerprint density at radius 2 is 1.56 bits per heavy atom. The van der Waals surface area contributed by atoms with Crippen LogP contribution in [0.15, 0.2) is 54.6 Å². The van der Waals surface area contributed by atoms with Crippen molar-refractivity contribution in [1.29, 1.82) is 0 Å². The van der Waals surface area contributed by atoms with E-state index >= 15 is 0 Å². The van der Waals surface area contributed by atoms with E-state index in [1.165, 1.54) is 0 Å². The van der Waals surface area contributed by atoms with Crippen molar-refractivity contribution >= 4 is 11.8 Å². The van der Waals surface area contributed by atoms with Gasteiger partial charge in [-0.1, -0.05) is 30.3 Å². The van der Waals surface area contributed by atoms with E-state index in [9.17, 15) is 14.7 Å². The van der Waals surface area contributed by atoms with Crippen LogP contribution in [0.1, 0.15) is 51.6 Å². The molecule has 2 aromatic rings. The summed E-state index contributed by atoms with van der Waals surface area (Å²) in [7, 11) is 0. The van der Waals surface area contributed by atoms with Crippen molar-refractivity contribution in [1.82, 2.24) is 10.6 Å². The third kappa shape index (κ3) is 4.90. The predicted molar refractivity (Wildman–Crippen MR) is 95.3 cm³/mol. The van der Waals surface area contributed by atoms with Crippen LogP contribution in [0.2, 0.25) is 0 Å². The minimum atomic E-state index is -0.602. The number of benzene rings is 2. The Hall–Kier alpha value is -2.66. The quantitative estimate of drug-likeness (QED) is 0.725. The Morgan fingerprint density at radius 1 is 0.960 bits per heavy atom. The summed E-state index contributed by atoms with van der Waals surface area (Å²) in [6.07, 6.45) is 1.93. The number of aliphatic hydroxyl groups excluding tert-OH is 1. The summed E-state index contributed by atoms with van der Waals surface area (Å²) in [6, 6.07) is 16.3. The van der Waals surface area contributed by atoms with Gasteiger partial charge in [0, 0.05) is 23.7 Å². The molecule has 5 nitrogen and oxygen atoms in total. The highest BCUT2D eigenvalue weighted by Crippen LogP contribution is 2.19. The van der Waals surface area contributed by atoms with Crippen LogP contribution in [-0.2, 0) is 0 Å². The molecule has 0 aromatic heterocycles. The van der Waals surface area contributed by atoms with Crippen LogP contribution in [0.25, 0.3) is 0 Å². The molecule has 0 saturated heterocycles. The summed E-state index contributed by atoms with van der Waals surface area (Å²) < 4.78 is 0. The maximum absolute atomic E-state index is 12.1. The minimum Gasteiger partial charge on any atom is -0.388 e. The molecule has 0 heterocycles. The molecule has 5 heteroatoms. The maximum atomic E-state index is 12.1. The molecule has 0 bridgehead atoms. The SMILES string of the molecule is O=C(NCCC(O)c1ccccc1)c1ccc(C(=O)NC2CC2)cc1. The molecule has 2 amide bonds. The fourth-order valence-electron chi connectivity index (χ4n) is 2.54. The van der Waals surface area contributed by atoms with Crippen LogP contribution in [0, 0.1) is 0 Å². The van der Waals surface area contributed by atoms with Crippen molar-refractivity contribution in [3.05, 3.63) is 71.3 Å². The van der Waals surface area contributed by atoms with E-state index in [2.05, 4.69) is 10.6 Å². The highest BCUT2D eigenvalue weighted by atomic mass is 16.3. The molecule has 2 aromatic carbocycles. The van der Waals surface area contributed by atoms with Gasteiger partial charge in [-0.05, 0) is 49.1 Å². The van der Waals surface area contributed by atoms with E-state index in [0.29, 0.717) is 30.1 Å². The highest BCUT2D eigenvalue weighted by Gasteiger charge is 2.23. The van der Waals surface area contributed by atoms with E-state index in [4.69, 9.17) is 0 Å². The van der Waals surface area contributed by atoms with Crippen molar-refractivity contribution in [3.8, 4) is 0 Å². The topological polar surface area (TPSA) is 78.4 Å². The zero-order valence-corrected chi connectivity index (χ0v) is 13.9. The largest absolute Gasteiger partial charge is 0.388 e. The standard InChI is InChI=1S/C20H22N2O3/c23-18(14-4-2-1-3-5-14)12-13-21-19(24)15-6-8-16(9-7-15)20(25)22-17-10-11-17/h1-9,17-18,23H,10-13H2,(H,21,24)(H,22,25). The lowest BCUT2D eigenvalue weighted by molar-refractivity contribution is 0.0933. The first-order chi connectivity index (χ1) is 12.1. The van der Waals surface area contributed by atoms with Crippen LogP contribution in [0.4, 0.5) is 0 Å². The summed E-state index contributed by atoms with van der Waals surface area (Å²) in [5.74, 6) is -0.310. The molecule has 25 heavy (non-hydrogen) atoms. The number of nitrogens with one attached hydrogen (secondary N) is 2. The summed E-state index contributed by atoms with van der Waals surface area (Å²) in [5.41, 5.74) is 1.89. The minimum absolute atomic E-state index is 0.0968. The van der Waals surface area contributed by atoms with Crippen molar-refractivity contribution in [2.24, 2.45) is 0 Å². The summed E-state index contributed by atoms with van der Waals surface area (Å²) in [4.78, 5) is 24.1. The van der Waals surface area contributed by atoms with Crippen LogP contribution < -0.4 is 10.6 Å². The Morgan fingerprint density at radius 3 is 2.16 bits per heavy atom. The molecule has 1 saturated carbocycles. The molecule has 0 radical (unpaired) electrons. The van der Waals surface area contributed by atoms with E-state index in [0.717, 1.165) is 18.4 Å². The number of rotatable bonds is 7. The lowest BCUT2D eigenvalue weighted by atomic mass is 10.1. The van der Waals surface area contributed by atoms with Crippen molar-refractivity contribution in [2.75, 3.05) is 6.54 Å².